The average Bonchev–Trinajstić information content (AvgIpc) is 3.46. The summed E-state index contributed by atoms with van der Waals surface area (Å²) < 4.78 is 16.8. The van der Waals surface area contributed by atoms with Gasteiger partial charge in [-0.3, -0.25) is 14.4 Å². The summed E-state index contributed by atoms with van der Waals surface area (Å²) >= 11 is 0. The summed E-state index contributed by atoms with van der Waals surface area (Å²) in [7, 11) is 0. The van der Waals surface area contributed by atoms with Crippen LogP contribution in [-0.2, 0) is 28.6 Å². The van der Waals surface area contributed by atoms with Crippen LogP contribution in [0.25, 0.3) is 0 Å². The number of carbonyl (C=O) groups is 3. The third kappa shape index (κ3) is 65.2. The van der Waals surface area contributed by atoms with Crippen molar-refractivity contribution in [3.8, 4) is 0 Å². The van der Waals surface area contributed by atoms with E-state index in [2.05, 4.69) is 191 Å². The number of unbranched alkanes of at least 4 members (excludes halogenated alkanes) is 15. The Labute approximate surface area is 497 Å². The first-order valence-electron chi connectivity index (χ1n) is 32.3. The Morgan fingerprint density at radius 3 is 0.840 bits per heavy atom. The van der Waals surface area contributed by atoms with Gasteiger partial charge in [0.25, 0.3) is 0 Å². The van der Waals surface area contributed by atoms with Crippen LogP contribution in [0.15, 0.2) is 182 Å². The third-order valence-corrected chi connectivity index (χ3v) is 12.9. The van der Waals surface area contributed by atoms with Crippen LogP contribution in [0.3, 0.4) is 0 Å². The lowest BCUT2D eigenvalue weighted by Crippen LogP contribution is -2.30. The Morgan fingerprint density at radius 1 is 0.259 bits per heavy atom. The highest BCUT2D eigenvalue weighted by molar-refractivity contribution is 5.71. The molecule has 0 fully saturated rings. The van der Waals surface area contributed by atoms with Crippen molar-refractivity contribution in [2.45, 2.75) is 258 Å². The summed E-state index contributed by atoms with van der Waals surface area (Å²) in [6, 6.07) is 0. The summed E-state index contributed by atoms with van der Waals surface area (Å²) in [5.74, 6) is -1.05. The lowest BCUT2D eigenvalue weighted by atomic mass is 10.1. The molecule has 0 aliphatic heterocycles. The van der Waals surface area contributed by atoms with Crippen LogP contribution in [0, 0.1) is 0 Å². The van der Waals surface area contributed by atoms with Crippen molar-refractivity contribution in [3.63, 3.8) is 0 Å². The summed E-state index contributed by atoms with van der Waals surface area (Å²) in [6.45, 7) is 6.30. The maximum Gasteiger partial charge on any atom is 0.306 e. The smallest absolute Gasteiger partial charge is 0.306 e. The van der Waals surface area contributed by atoms with E-state index in [1.54, 1.807) is 0 Å². The van der Waals surface area contributed by atoms with Gasteiger partial charge in [-0.1, -0.05) is 267 Å². The molecule has 0 saturated heterocycles. The molecule has 0 N–H and O–H groups in total. The molecule has 0 bridgehead atoms. The van der Waals surface area contributed by atoms with Gasteiger partial charge in [-0.25, -0.2) is 0 Å². The molecule has 0 rings (SSSR count). The van der Waals surface area contributed by atoms with E-state index in [1.165, 1.54) is 51.4 Å². The van der Waals surface area contributed by atoms with Gasteiger partial charge in [-0.2, -0.15) is 0 Å². The van der Waals surface area contributed by atoms with Crippen molar-refractivity contribution in [3.05, 3.63) is 182 Å². The highest BCUT2D eigenvalue weighted by Crippen LogP contribution is 2.13. The third-order valence-electron chi connectivity index (χ3n) is 12.9. The fourth-order valence-electron chi connectivity index (χ4n) is 8.12. The van der Waals surface area contributed by atoms with E-state index in [0.717, 1.165) is 154 Å². The zero-order valence-corrected chi connectivity index (χ0v) is 51.7. The van der Waals surface area contributed by atoms with E-state index >= 15 is 0 Å². The minimum atomic E-state index is -0.831. The molecule has 0 aromatic carbocycles. The Hall–Kier alpha value is -5.49. The van der Waals surface area contributed by atoms with E-state index in [-0.39, 0.29) is 44.0 Å². The van der Waals surface area contributed by atoms with Crippen molar-refractivity contribution >= 4 is 17.9 Å². The summed E-state index contributed by atoms with van der Waals surface area (Å²) in [5.41, 5.74) is 0. The van der Waals surface area contributed by atoms with E-state index in [9.17, 15) is 14.4 Å². The Kier molecular flexibility index (Phi) is 62.5. The Balaban J connectivity index is 4.38. The number of rotatable bonds is 56. The molecule has 0 saturated carbocycles. The fourth-order valence-corrected chi connectivity index (χ4v) is 8.12. The minimum absolute atomic E-state index is 0.125. The monoisotopic (exact) mass is 1110 g/mol. The molecular weight excluding hydrogens is 997 g/mol. The van der Waals surface area contributed by atoms with Crippen molar-refractivity contribution in [1.82, 2.24) is 0 Å². The number of allylic oxidation sites excluding steroid dienone is 30. The van der Waals surface area contributed by atoms with Gasteiger partial charge in [-0.05, 0) is 148 Å². The van der Waals surface area contributed by atoms with E-state index in [4.69, 9.17) is 14.2 Å². The predicted octanol–water partition coefficient (Wildman–Crippen LogP) is 22.4. The molecule has 0 aromatic heterocycles. The number of ether oxygens (including phenoxy) is 3. The molecule has 6 heteroatoms. The van der Waals surface area contributed by atoms with Gasteiger partial charge < -0.3 is 14.2 Å². The normalized spacial score (nSPS) is 13.4. The lowest BCUT2D eigenvalue weighted by molar-refractivity contribution is -0.166. The van der Waals surface area contributed by atoms with Gasteiger partial charge in [-0.15, -0.1) is 0 Å². The molecule has 0 heterocycles. The summed E-state index contributed by atoms with van der Waals surface area (Å²) in [4.78, 5) is 38.2. The standard InChI is InChI=1S/C75H116O6/c1-4-7-10-13-16-19-22-25-27-28-29-30-31-32-33-34-35-36-37-38-39-40-41-42-43-44-45-46-48-50-53-56-59-62-65-68-74(77)80-71-72(70-79-73(76)67-64-61-58-55-52-49-24-21-18-15-12-9-6-3)81-75(78)69-66-63-60-57-54-51-47-26-23-20-17-14-11-8-5-2/h7,9-10,12,16,18-19,21,25-27,29-30,32-33,35-36,38-39,41-42,44-45,47-50,52,58,61,72H,4-6,8,11,13-15,17,20,22-24,28,31,34,37,40,43,46,51,53-57,59-60,62-71H2,1-3H3/b10-7-,12-9-,19-16-,21-18-,27-25-,30-29-,33-32-,36-35-,39-38-,42-41-,45-44-,47-26-,50-48-,52-49-,61-58-. The molecule has 1 atom stereocenters. The molecule has 0 aliphatic carbocycles. The number of esters is 3. The van der Waals surface area contributed by atoms with Gasteiger partial charge in [0.1, 0.15) is 13.2 Å². The van der Waals surface area contributed by atoms with Crippen molar-refractivity contribution in [2.24, 2.45) is 0 Å². The molecule has 0 aromatic rings. The SMILES string of the molecule is CC/C=C\C/C=C\C/C=C\C/C=C\C/C=C\C/C=C\C/C=C\C/C=C\C/C=C\C/C=C\CCCCCCC(=O)OCC(COC(=O)CC/C=C\C/C=C\C/C=C\C/C=C\CC)OC(=O)CCCCCCC/C=C\CCCCCCCC. The fraction of sp³-hybridized carbons (Fsp3) is 0.560. The van der Waals surface area contributed by atoms with Crippen LogP contribution in [0.1, 0.15) is 252 Å². The average molecular weight is 1110 g/mol. The maximum atomic E-state index is 12.9. The molecule has 1 unspecified atom stereocenters. The molecule has 6 nitrogen and oxygen atoms in total. The van der Waals surface area contributed by atoms with Crippen molar-refractivity contribution in [2.75, 3.05) is 13.2 Å². The van der Waals surface area contributed by atoms with E-state index in [1.807, 2.05) is 12.2 Å². The molecule has 452 valence electrons. The predicted molar refractivity (Wildman–Crippen MR) is 352 cm³/mol. The highest BCUT2D eigenvalue weighted by atomic mass is 16.6. The highest BCUT2D eigenvalue weighted by Gasteiger charge is 2.19. The van der Waals surface area contributed by atoms with Crippen LogP contribution in [0.2, 0.25) is 0 Å². The second-order valence-electron chi connectivity index (χ2n) is 20.5. The largest absolute Gasteiger partial charge is 0.462 e. The molecule has 0 amide bonds. The number of hydrogen-bond acceptors (Lipinski definition) is 6. The quantitative estimate of drug-likeness (QED) is 0.0261. The van der Waals surface area contributed by atoms with E-state index < -0.39 is 6.10 Å². The van der Waals surface area contributed by atoms with E-state index in [0.29, 0.717) is 12.8 Å². The van der Waals surface area contributed by atoms with Gasteiger partial charge in [0.15, 0.2) is 6.10 Å². The summed E-state index contributed by atoms with van der Waals surface area (Å²) in [5, 5.41) is 0. The zero-order chi connectivity index (χ0) is 58.5. The van der Waals surface area contributed by atoms with Crippen molar-refractivity contribution < 1.29 is 28.6 Å². The van der Waals surface area contributed by atoms with Crippen molar-refractivity contribution in [1.29, 1.82) is 0 Å². The van der Waals surface area contributed by atoms with Crippen LogP contribution in [0.5, 0.6) is 0 Å². The first-order valence-corrected chi connectivity index (χ1v) is 32.3. The van der Waals surface area contributed by atoms with Crippen LogP contribution in [0.4, 0.5) is 0 Å². The minimum Gasteiger partial charge on any atom is -0.462 e. The Bertz CT molecular complexity index is 1900. The first-order chi connectivity index (χ1) is 40.0. The van der Waals surface area contributed by atoms with Gasteiger partial charge in [0.05, 0.1) is 0 Å². The summed E-state index contributed by atoms with van der Waals surface area (Å²) in [6.07, 6.45) is 101. The molecule has 0 spiro atoms. The Morgan fingerprint density at radius 2 is 0.506 bits per heavy atom. The first kappa shape index (κ1) is 75.5. The van der Waals surface area contributed by atoms with Crippen LogP contribution in [-0.4, -0.2) is 37.2 Å². The second kappa shape index (κ2) is 67.0. The van der Waals surface area contributed by atoms with Gasteiger partial charge in [0.2, 0.25) is 0 Å². The second-order valence-corrected chi connectivity index (χ2v) is 20.5. The van der Waals surface area contributed by atoms with Gasteiger partial charge in [0, 0.05) is 19.3 Å². The molecule has 81 heavy (non-hydrogen) atoms. The topological polar surface area (TPSA) is 78.9 Å². The van der Waals surface area contributed by atoms with Crippen LogP contribution < -0.4 is 0 Å². The molecule has 0 aliphatic rings. The lowest BCUT2D eigenvalue weighted by Gasteiger charge is -2.18. The molecule has 0 radical (unpaired) electrons. The maximum absolute atomic E-state index is 12.9. The number of carbonyl (C=O) groups excluding carboxylic acids is 3. The molecular formula is C75H116O6. The zero-order valence-electron chi connectivity index (χ0n) is 51.7. The number of hydrogen-bond donors (Lipinski definition) is 0. The van der Waals surface area contributed by atoms with Crippen LogP contribution >= 0.6 is 0 Å². The van der Waals surface area contributed by atoms with Gasteiger partial charge >= 0.3 is 17.9 Å².